The molecule has 0 aliphatic rings. The van der Waals surface area contributed by atoms with Crippen molar-refractivity contribution in [3.05, 3.63) is 47.2 Å². The van der Waals surface area contributed by atoms with Crippen LogP contribution >= 0.6 is 0 Å². The summed E-state index contributed by atoms with van der Waals surface area (Å²) in [6.07, 6.45) is 0.840. The maximum absolute atomic E-state index is 5.72. The van der Waals surface area contributed by atoms with Gasteiger partial charge >= 0.3 is 0 Å². The molecule has 0 fully saturated rings. The molecule has 0 amide bonds. The maximum atomic E-state index is 5.72. The van der Waals surface area contributed by atoms with E-state index in [0.717, 1.165) is 12.1 Å². The Morgan fingerprint density at radius 2 is 2.13 bits per heavy atom. The summed E-state index contributed by atoms with van der Waals surface area (Å²) in [5, 5.41) is 4.33. The van der Waals surface area contributed by atoms with Crippen molar-refractivity contribution in [3.8, 4) is 0 Å². The van der Waals surface area contributed by atoms with Gasteiger partial charge in [-0.1, -0.05) is 29.8 Å². The second-order valence-electron chi connectivity index (χ2n) is 3.85. The Hall–Kier alpha value is -1.77. The molecular formula is C12H15N3. The summed E-state index contributed by atoms with van der Waals surface area (Å²) in [6, 6.07) is 10.4. The van der Waals surface area contributed by atoms with Crippen LogP contribution in [0.25, 0.3) is 0 Å². The molecule has 0 aliphatic carbocycles. The highest BCUT2D eigenvalue weighted by Crippen LogP contribution is 2.12. The summed E-state index contributed by atoms with van der Waals surface area (Å²) in [6.45, 7) is 2.09. The van der Waals surface area contributed by atoms with E-state index in [1.165, 1.54) is 11.1 Å². The Bertz CT molecular complexity index is 452. The van der Waals surface area contributed by atoms with Crippen LogP contribution in [0.4, 0.5) is 5.82 Å². The molecule has 1 heterocycles. The Labute approximate surface area is 89.5 Å². The largest absolute Gasteiger partial charge is 0.384 e. The molecule has 0 radical (unpaired) electrons. The maximum Gasteiger partial charge on any atom is 0.121 e. The molecule has 0 aliphatic heterocycles. The van der Waals surface area contributed by atoms with Crippen LogP contribution in [0.2, 0.25) is 0 Å². The summed E-state index contributed by atoms with van der Waals surface area (Å²) in [5.74, 6) is 0.706. The van der Waals surface area contributed by atoms with Crippen molar-refractivity contribution in [2.75, 3.05) is 5.73 Å². The van der Waals surface area contributed by atoms with E-state index in [0.29, 0.717) is 5.82 Å². The molecule has 2 N–H and O–H groups in total. The summed E-state index contributed by atoms with van der Waals surface area (Å²) in [4.78, 5) is 0. The second kappa shape index (κ2) is 3.77. The molecule has 3 heteroatoms. The summed E-state index contributed by atoms with van der Waals surface area (Å²) < 4.78 is 1.70. The predicted octanol–water partition coefficient (Wildman–Crippen LogP) is 1.90. The van der Waals surface area contributed by atoms with E-state index >= 15 is 0 Å². The first-order valence-corrected chi connectivity index (χ1v) is 4.99. The quantitative estimate of drug-likeness (QED) is 0.806. The third-order valence-electron chi connectivity index (χ3n) is 2.43. The third kappa shape index (κ3) is 2.18. The number of aromatic nitrogens is 2. The van der Waals surface area contributed by atoms with Crippen molar-refractivity contribution in [3.63, 3.8) is 0 Å². The van der Waals surface area contributed by atoms with Gasteiger partial charge in [0.05, 0.1) is 5.69 Å². The van der Waals surface area contributed by atoms with E-state index in [2.05, 4.69) is 36.3 Å². The van der Waals surface area contributed by atoms with E-state index in [9.17, 15) is 0 Å². The minimum absolute atomic E-state index is 0.706. The first-order valence-electron chi connectivity index (χ1n) is 4.99. The zero-order valence-corrected chi connectivity index (χ0v) is 9.07. The fraction of sp³-hybridized carbons (Fsp3) is 0.250. The van der Waals surface area contributed by atoms with Crippen molar-refractivity contribution < 1.29 is 0 Å². The molecular weight excluding hydrogens is 186 g/mol. The lowest BCUT2D eigenvalue weighted by atomic mass is 10.1. The van der Waals surface area contributed by atoms with Gasteiger partial charge in [-0.3, -0.25) is 4.68 Å². The number of nitrogens with two attached hydrogens (primary N) is 1. The number of nitrogens with zero attached hydrogens (tertiary/aromatic N) is 2. The normalized spacial score (nSPS) is 10.5. The van der Waals surface area contributed by atoms with Gasteiger partial charge in [-0.2, -0.15) is 5.10 Å². The van der Waals surface area contributed by atoms with Crippen molar-refractivity contribution in [2.45, 2.75) is 13.3 Å². The number of anilines is 1. The third-order valence-corrected chi connectivity index (χ3v) is 2.43. The number of hydrogen-bond donors (Lipinski definition) is 1. The van der Waals surface area contributed by atoms with Gasteiger partial charge in [-0.15, -0.1) is 0 Å². The molecule has 78 valence electrons. The van der Waals surface area contributed by atoms with Crippen LogP contribution in [0.3, 0.4) is 0 Å². The molecule has 0 saturated heterocycles. The molecule has 0 atom stereocenters. The second-order valence-corrected chi connectivity index (χ2v) is 3.85. The van der Waals surface area contributed by atoms with Crippen molar-refractivity contribution in [2.24, 2.45) is 7.05 Å². The lowest BCUT2D eigenvalue weighted by molar-refractivity contribution is 0.759. The number of benzene rings is 1. The lowest BCUT2D eigenvalue weighted by Gasteiger charge is -1.99. The van der Waals surface area contributed by atoms with Gasteiger partial charge in [0.25, 0.3) is 0 Å². The molecule has 15 heavy (non-hydrogen) atoms. The summed E-state index contributed by atoms with van der Waals surface area (Å²) >= 11 is 0. The average Bonchev–Trinajstić information content (AvgIpc) is 2.45. The van der Waals surface area contributed by atoms with Crippen LogP contribution in [0.1, 0.15) is 16.8 Å². The van der Waals surface area contributed by atoms with E-state index in [4.69, 9.17) is 5.73 Å². The minimum atomic E-state index is 0.706. The summed E-state index contributed by atoms with van der Waals surface area (Å²) in [7, 11) is 1.86. The molecule has 3 nitrogen and oxygen atoms in total. The van der Waals surface area contributed by atoms with Crippen LogP contribution in [0.5, 0.6) is 0 Å². The minimum Gasteiger partial charge on any atom is -0.384 e. The highest BCUT2D eigenvalue weighted by Gasteiger charge is 2.02. The van der Waals surface area contributed by atoms with Gasteiger partial charge in [0, 0.05) is 19.5 Å². The van der Waals surface area contributed by atoms with Crippen LogP contribution < -0.4 is 5.73 Å². The molecule has 2 rings (SSSR count). The van der Waals surface area contributed by atoms with Gasteiger partial charge in [-0.25, -0.2) is 0 Å². The Kier molecular flexibility index (Phi) is 2.46. The molecule has 0 bridgehead atoms. The molecule has 0 spiro atoms. The topological polar surface area (TPSA) is 43.8 Å². The van der Waals surface area contributed by atoms with E-state index < -0.39 is 0 Å². The van der Waals surface area contributed by atoms with Gasteiger partial charge in [0.15, 0.2) is 0 Å². The number of aryl methyl sites for hydroxylation is 2. The smallest absolute Gasteiger partial charge is 0.121 e. The monoisotopic (exact) mass is 201 g/mol. The fourth-order valence-electron chi connectivity index (χ4n) is 1.66. The van der Waals surface area contributed by atoms with Gasteiger partial charge in [0.1, 0.15) is 5.82 Å². The van der Waals surface area contributed by atoms with Gasteiger partial charge in [0.2, 0.25) is 0 Å². The molecule has 1 aromatic carbocycles. The highest BCUT2D eigenvalue weighted by molar-refractivity contribution is 5.34. The summed E-state index contributed by atoms with van der Waals surface area (Å²) in [5.41, 5.74) is 9.28. The number of hydrogen-bond acceptors (Lipinski definition) is 2. The van der Waals surface area contributed by atoms with Crippen molar-refractivity contribution in [1.29, 1.82) is 0 Å². The molecule has 2 aromatic rings. The van der Waals surface area contributed by atoms with Crippen molar-refractivity contribution in [1.82, 2.24) is 9.78 Å². The van der Waals surface area contributed by atoms with Crippen LogP contribution in [-0.4, -0.2) is 9.78 Å². The van der Waals surface area contributed by atoms with Crippen LogP contribution in [0.15, 0.2) is 30.3 Å². The first-order chi connectivity index (χ1) is 7.15. The Balaban J connectivity index is 2.22. The molecule has 0 unspecified atom stereocenters. The average molecular weight is 201 g/mol. The Morgan fingerprint density at radius 3 is 2.73 bits per heavy atom. The standard InChI is InChI=1S/C12H15N3/c1-9-4-3-5-10(6-9)7-11-8-12(13)15(2)14-11/h3-6,8H,7,13H2,1-2H3. The highest BCUT2D eigenvalue weighted by atomic mass is 15.3. The molecule has 1 aromatic heterocycles. The van der Waals surface area contributed by atoms with E-state index in [1.54, 1.807) is 4.68 Å². The molecule has 0 saturated carbocycles. The van der Waals surface area contributed by atoms with Crippen LogP contribution in [-0.2, 0) is 13.5 Å². The lowest BCUT2D eigenvalue weighted by Crippen LogP contribution is -1.97. The van der Waals surface area contributed by atoms with Gasteiger partial charge < -0.3 is 5.73 Å². The SMILES string of the molecule is Cc1cccc(Cc2cc(N)n(C)n2)c1. The van der Waals surface area contributed by atoms with E-state index in [1.807, 2.05) is 13.1 Å². The Morgan fingerprint density at radius 1 is 1.33 bits per heavy atom. The number of rotatable bonds is 2. The van der Waals surface area contributed by atoms with Gasteiger partial charge in [-0.05, 0) is 12.5 Å². The fourth-order valence-corrected chi connectivity index (χ4v) is 1.66. The zero-order chi connectivity index (χ0) is 10.8. The first kappa shape index (κ1) is 9.77. The number of nitrogen functional groups attached to an aromatic ring is 1. The van der Waals surface area contributed by atoms with Crippen LogP contribution in [0, 0.1) is 6.92 Å². The van der Waals surface area contributed by atoms with E-state index in [-0.39, 0.29) is 0 Å². The zero-order valence-electron chi connectivity index (χ0n) is 9.07. The van der Waals surface area contributed by atoms with Crippen molar-refractivity contribution >= 4 is 5.82 Å². The predicted molar refractivity (Wildman–Crippen MR) is 61.6 cm³/mol.